The van der Waals surface area contributed by atoms with Gasteiger partial charge in [0.15, 0.2) is 0 Å². The number of methoxy groups -OCH3 is 1. The van der Waals surface area contributed by atoms with Crippen molar-refractivity contribution in [2.45, 2.75) is 32.1 Å². The molecule has 4 aromatic rings. The fraction of sp³-hybridized carbons (Fsp3) is 0.241. The molecule has 36 heavy (non-hydrogen) atoms. The van der Waals surface area contributed by atoms with Crippen LogP contribution in [-0.4, -0.2) is 39.9 Å². The van der Waals surface area contributed by atoms with Gasteiger partial charge in [0.05, 0.1) is 29.6 Å². The van der Waals surface area contributed by atoms with Crippen LogP contribution in [0.2, 0.25) is 0 Å². The van der Waals surface area contributed by atoms with Crippen LogP contribution in [0, 0.1) is 0 Å². The fourth-order valence-electron chi connectivity index (χ4n) is 3.94. The van der Waals surface area contributed by atoms with Gasteiger partial charge in [0.2, 0.25) is 0 Å². The number of pyridine rings is 3. The lowest BCUT2D eigenvalue weighted by atomic mass is 10.0. The van der Waals surface area contributed by atoms with E-state index in [9.17, 15) is 4.79 Å². The van der Waals surface area contributed by atoms with Gasteiger partial charge in [-0.25, -0.2) is 0 Å². The molecule has 0 aliphatic heterocycles. The van der Waals surface area contributed by atoms with Crippen molar-refractivity contribution in [1.29, 1.82) is 0 Å². The van der Waals surface area contributed by atoms with E-state index in [0.29, 0.717) is 32.8 Å². The number of nitrogens with zero attached hydrogens (tertiary/aromatic N) is 4. The molecule has 184 valence electrons. The number of aldehydes is 1. The Labute approximate surface area is 212 Å². The molecule has 0 radical (unpaired) electrons. The average Bonchev–Trinajstić information content (AvgIpc) is 2.93. The first-order chi connectivity index (χ1) is 17.7. The lowest BCUT2D eigenvalue weighted by Crippen LogP contribution is -2.24. The SMILES string of the molecule is COCC(C=O)c1ccc(NCc2ccc(CN(Cc3ccccn3)Cc3ccccn3)nc2)cc1. The Morgan fingerprint density at radius 1 is 0.833 bits per heavy atom. The van der Waals surface area contributed by atoms with Gasteiger partial charge in [-0.05, 0) is 53.6 Å². The highest BCUT2D eigenvalue weighted by molar-refractivity contribution is 5.63. The number of carbonyl (C=O) groups is 1. The number of hydrogen-bond acceptors (Lipinski definition) is 7. The van der Waals surface area contributed by atoms with Crippen LogP contribution < -0.4 is 5.32 Å². The average molecular weight is 482 g/mol. The van der Waals surface area contributed by atoms with E-state index in [-0.39, 0.29) is 5.92 Å². The number of hydrogen-bond donors (Lipinski definition) is 1. The first-order valence-electron chi connectivity index (χ1n) is 12.0. The summed E-state index contributed by atoms with van der Waals surface area (Å²) in [5.41, 5.74) is 6.05. The maximum Gasteiger partial charge on any atom is 0.129 e. The van der Waals surface area contributed by atoms with Crippen LogP contribution >= 0.6 is 0 Å². The maximum atomic E-state index is 11.3. The Morgan fingerprint density at radius 3 is 1.97 bits per heavy atom. The second-order valence-electron chi connectivity index (χ2n) is 8.62. The molecule has 1 atom stereocenters. The minimum atomic E-state index is -0.240. The lowest BCUT2D eigenvalue weighted by molar-refractivity contribution is -0.110. The molecule has 1 aromatic carbocycles. The smallest absolute Gasteiger partial charge is 0.129 e. The number of carbonyl (C=O) groups excluding carboxylic acids is 1. The molecule has 0 spiro atoms. The van der Waals surface area contributed by atoms with Gasteiger partial charge in [-0.1, -0.05) is 30.3 Å². The van der Waals surface area contributed by atoms with Gasteiger partial charge in [-0.2, -0.15) is 0 Å². The number of ether oxygens (including phenoxy) is 1. The van der Waals surface area contributed by atoms with E-state index in [1.165, 1.54) is 0 Å². The molecule has 1 unspecified atom stereocenters. The summed E-state index contributed by atoms with van der Waals surface area (Å²) >= 11 is 0. The summed E-state index contributed by atoms with van der Waals surface area (Å²) in [5.74, 6) is -0.240. The largest absolute Gasteiger partial charge is 0.384 e. The van der Waals surface area contributed by atoms with Crippen molar-refractivity contribution in [2.75, 3.05) is 19.0 Å². The van der Waals surface area contributed by atoms with Crippen molar-refractivity contribution >= 4 is 12.0 Å². The molecule has 0 fully saturated rings. The van der Waals surface area contributed by atoms with Crippen LogP contribution in [0.1, 0.15) is 34.1 Å². The van der Waals surface area contributed by atoms with Gasteiger partial charge < -0.3 is 14.8 Å². The first kappa shape index (κ1) is 25.2. The predicted molar refractivity (Wildman–Crippen MR) is 140 cm³/mol. The summed E-state index contributed by atoms with van der Waals surface area (Å²) < 4.78 is 5.11. The zero-order valence-electron chi connectivity index (χ0n) is 20.5. The van der Waals surface area contributed by atoms with Gasteiger partial charge in [-0.3, -0.25) is 19.9 Å². The third kappa shape index (κ3) is 7.53. The second-order valence-corrected chi connectivity index (χ2v) is 8.62. The van der Waals surface area contributed by atoms with Gasteiger partial charge in [0.25, 0.3) is 0 Å². The molecule has 0 saturated carbocycles. The number of aromatic nitrogens is 3. The number of benzene rings is 1. The van der Waals surface area contributed by atoms with Crippen LogP contribution in [0.5, 0.6) is 0 Å². The quantitative estimate of drug-likeness (QED) is 0.279. The molecule has 1 N–H and O–H groups in total. The van der Waals surface area contributed by atoms with Gasteiger partial charge >= 0.3 is 0 Å². The monoisotopic (exact) mass is 481 g/mol. The lowest BCUT2D eigenvalue weighted by Gasteiger charge is -2.21. The summed E-state index contributed by atoms with van der Waals surface area (Å²) in [7, 11) is 1.60. The van der Waals surface area contributed by atoms with Crippen molar-refractivity contribution < 1.29 is 9.53 Å². The molecule has 4 rings (SSSR count). The normalized spacial score (nSPS) is 11.8. The number of nitrogens with one attached hydrogen (secondary N) is 1. The van der Waals surface area contributed by atoms with Crippen LogP contribution in [-0.2, 0) is 35.7 Å². The molecule has 0 bridgehead atoms. The van der Waals surface area contributed by atoms with Crippen molar-refractivity contribution in [3.63, 3.8) is 0 Å². The second kappa shape index (κ2) is 13.2. The van der Waals surface area contributed by atoms with Gasteiger partial charge in [0.1, 0.15) is 6.29 Å². The standard InChI is InChI=1S/C29H31N5O2/c1-36-22-25(21-35)24-9-12-26(13-10-24)32-16-23-8-11-29(33-17-23)20-34(18-27-6-2-4-14-30-27)19-28-7-3-5-15-31-28/h2-15,17,21,25,32H,16,18-20,22H2,1H3. The third-order valence-electron chi connectivity index (χ3n) is 5.84. The van der Waals surface area contributed by atoms with Crippen molar-refractivity contribution in [2.24, 2.45) is 0 Å². The van der Waals surface area contributed by atoms with Crippen LogP contribution in [0.4, 0.5) is 5.69 Å². The molecule has 7 nitrogen and oxygen atoms in total. The zero-order chi connectivity index (χ0) is 25.0. The summed E-state index contributed by atoms with van der Waals surface area (Å²) in [4.78, 5) is 27.2. The van der Waals surface area contributed by atoms with Crippen molar-refractivity contribution in [3.05, 3.63) is 120 Å². The Hall–Kier alpha value is -3.94. The molecule has 0 saturated heterocycles. The highest BCUT2D eigenvalue weighted by Gasteiger charge is 2.12. The Balaban J connectivity index is 1.35. The number of anilines is 1. The van der Waals surface area contributed by atoms with E-state index in [1.54, 1.807) is 7.11 Å². The van der Waals surface area contributed by atoms with Crippen LogP contribution in [0.15, 0.2) is 91.4 Å². The van der Waals surface area contributed by atoms with Gasteiger partial charge in [-0.15, -0.1) is 0 Å². The fourth-order valence-corrected chi connectivity index (χ4v) is 3.94. The Kier molecular flexibility index (Phi) is 9.25. The molecule has 0 aliphatic rings. The molecule has 0 amide bonds. The number of rotatable bonds is 13. The topological polar surface area (TPSA) is 80.2 Å². The van der Waals surface area contributed by atoms with Crippen LogP contribution in [0.25, 0.3) is 0 Å². The van der Waals surface area contributed by atoms with Crippen molar-refractivity contribution in [1.82, 2.24) is 19.9 Å². The molecule has 0 aliphatic carbocycles. The molecule has 7 heteroatoms. The summed E-state index contributed by atoms with van der Waals surface area (Å²) in [6.45, 7) is 3.17. The van der Waals surface area contributed by atoms with Crippen molar-refractivity contribution in [3.8, 4) is 0 Å². The maximum absolute atomic E-state index is 11.3. The zero-order valence-corrected chi connectivity index (χ0v) is 20.5. The van der Waals surface area contributed by atoms with E-state index >= 15 is 0 Å². The highest BCUT2D eigenvalue weighted by Crippen LogP contribution is 2.18. The minimum Gasteiger partial charge on any atom is -0.384 e. The summed E-state index contributed by atoms with van der Waals surface area (Å²) in [6.07, 6.45) is 6.48. The predicted octanol–water partition coefficient (Wildman–Crippen LogP) is 4.62. The van der Waals surface area contributed by atoms with E-state index in [1.807, 2.05) is 79.3 Å². The van der Waals surface area contributed by atoms with E-state index in [4.69, 9.17) is 9.72 Å². The summed E-state index contributed by atoms with van der Waals surface area (Å²) in [5, 5.41) is 3.42. The Morgan fingerprint density at radius 2 is 1.47 bits per heavy atom. The molecular weight excluding hydrogens is 450 g/mol. The molecule has 3 heterocycles. The molecular formula is C29H31N5O2. The third-order valence-corrected chi connectivity index (χ3v) is 5.84. The highest BCUT2D eigenvalue weighted by atomic mass is 16.5. The summed E-state index contributed by atoms with van der Waals surface area (Å²) in [6, 6.07) is 24.0. The Bertz CT molecular complexity index is 1140. The van der Waals surface area contributed by atoms with E-state index < -0.39 is 0 Å². The first-order valence-corrected chi connectivity index (χ1v) is 12.0. The van der Waals surface area contributed by atoms with E-state index in [2.05, 4.69) is 32.3 Å². The van der Waals surface area contributed by atoms with Crippen LogP contribution in [0.3, 0.4) is 0 Å². The van der Waals surface area contributed by atoms with Gasteiger partial charge in [0, 0.05) is 57.6 Å². The van der Waals surface area contributed by atoms with E-state index in [0.717, 1.165) is 40.2 Å². The molecule has 3 aromatic heterocycles. The minimum absolute atomic E-state index is 0.240.